The zero-order valence-electron chi connectivity index (χ0n) is 7.43. The summed E-state index contributed by atoms with van der Waals surface area (Å²) in [5.41, 5.74) is 0. The fourth-order valence-corrected chi connectivity index (χ4v) is 2.73. The molecule has 1 rings (SSSR count). The van der Waals surface area contributed by atoms with Crippen LogP contribution in [0, 0.1) is 11.3 Å². The van der Waals surface area contributed by atoms with E-state index in [9.17, 15) is 0 Å². The molecular formula is C10H11NOSe. The second-order valence-corrected chi connectivity index (χ2v) is 5.05. The summed E-state index contributed by atoms with van der Waals surface area (Å²) in [6.45, 7) is 0. The average molecular weight is 240 g/mol. The Morgan fingerprint density at radius 1 is 1.46 bits per heavy atom. The van der Waals surface area contributed by atoms with Crippen molar-refractivity contribution in [3.05, 3.63) is 30.3 Å². The van der Waals surface area contributed by atoms with E-state index in [1.807, 2.05) is 18.2 Å². The van der Waals surface area contributed by atoms with Crippen molar-refractivity contribution in [2.75, 3.05) is 7.11 Å². The van der Waals surface area contributed by atoms with Crippen LogP contribution in [0.4, 0.5) is 0 Å². The van der Waals surface area contributed by atoms with Gasteiger partial charge in [0.1, 0.15) is 0 Å². The quantitative estimate of drug-likeness (QED) is 0.732. The molecule has 0 aliphatic carbocycles. The molecule has 1 aromatic rings. The van der Waals surface area contributed by atoms with Crippen LogP contribution in [-0.2, 0) is 4.74 Å². The molecule has 0 aromatic heterocycles. The molecule has 0 N–H and O–H groups in total. The molecule has 0 aliphatic rings. The first-order valence-electron chi connectivity index (χ1n) is 3.98. The molecule has 1 aromatic carbocycles. The molecule has 3 heteroatoms. The minimum atomic E-state index is 0.0832. The molecule has 0 saturated carbocycles. The molecule has 0 aliphatic heterocycles. The Labute approximate surface area is 84.7 Å². The minimum absolute atomic E-state index is 0.0832. The molecular weight excluding hydrogens is 229 g/mol. The third-order valence-electron chi connectivity index (χ3n) is 1.53. The van der Waals surface area contributed by atoms with Gasteiger partial charge in [-0.15, -0.1) is 0 Å². The number of hydrogen-bond donors (Lipinski definition) is 0. The Hall–Kier alpha value is -0.811. The Morgan fingerprint density at radius 2 is 2.15 bits per heavy atom. The van der Waals surface area contributed by atoms with Crippen LogP contribution in [0.1, 0.15) is 6.42 Å². The number of hydrogen-bond acceptors (Lipinski definition) is 2. The van der Waals surface area contributed by atoms with Gasteiger partial charge in [-0.2, -0.15) is 0 Å². The zero-order chi connectivity index (χ0) is 9.52. The third-order valence-corrected chi connectivity index (χ3v) is 3.98. The van der Waals surface area contributed by atoms with Crippen LogP contribution in [0.25, 0.3) is 0 Å². The molecule has 0 saturated heterocycles. The normalized spacial score (nSPS) is 12.0. The summed E-state index contributed by atoms with van der Waals surface area (Å²) in [5, 5.41) is 8.61. The summed E-state index contributed by atoms with van der Waals surface area (Å²) >= 11 is 0.242. The van der Waals surface area contributed by atoms with Crippen LogP contribution in [0.2, 0.25) is 0 Å². The van der Waals surface area contributed by atoms with Crippen LogP contribution >= 0.6 is 0 Å². The van der Waals surface area contributed by atoms with Crippen LogP contribution < -0.4 is 4.46 Å². The van der Waals surface area contributed by atoms with E-state index >= 15 is 0 Å². The van der Waals surface area contributed by atoms with E-state index in [-0.39, 0.29) is 20.0 Å². The summed E-state index contributed by atoms with van der Waals surface area (Å²) in [6, 6.07) is 12.3. The first kappa shape index (κ1) is 10.3. The summed E-state index contributed by atoms with van der Waals surface area (Å²) in [5.74, 6) is 0. The van der Waals surface area contributed by atoms with Crippen molar-refractivity contribution in [2.24, 2.45) is 0 Å². The maximum absolute atomic E-state index is 8.53. The van der Waals surface area contributed by atoms with Crippen molar-refractivity contribution in [1.82, 2.24) is 0 Å². The Bertz CT molecular complexity index is 281. The number of nitrogens with zero attached hydrogens (tertiary/aromatic N) is 1. The average Bonchev–Trinajstić information content (AvgIpc) is 2.19. The van der Waals surface area contributed by atoms with Gasteiger partial charge < -0.3 is 0 Å². The van der Waals surface area contributed by atoms with Crippen LogP contribution in [-0.4, -0.2) is 27.1 Å². The van der Waals surface area contributed by atoms with E-state index < -0.39 is 0 Å². The fourth-order valence-electron chi connectivity index (χ4n) is 0.898. The second-order valence-electron chi connectivity index (χ2n) is 2.46. The van der Waals surface area contributed by atoms with Gasteiger partial charge in [0.25, 0.3) is 0 Å². The first-order valence-corrected chi connectivity index (χ1v) is 5.83. The van der Waals surface area contributed by atoms with Crippen LogP contribution in [0.3, 0.4) is 0 Å². The van der Waals surface area contributed by atoms with E-state index in [1.54, 1.807) is 7.11 Å². The topological polar surface area (TPSA) is 33.0 Å². The van der Waals surface area contributed by atoms with E-state index in [4.69, 9.17) is 10.00 Å². The number of methoxy groups -OCH3 is 1. The molecule has 0 spiro atoms. The number of rotatable bonds is 4. The molecule has 13 heavy (non-hydrogen) atoms. The molecule has 1 atom stereocenters. The molecule has 0 bridgehead atoms. The van der Waals surface area contributed by atoms with Gasteiger partial charge in [0.2, 0.25) is 0 Å². The van der Waals surface area contributed by atoms with Gasteiger partial charge in [-0.1, -0.05) is 0 Å². The number of ether oxygens (including phenoxy) is 1. The third kappa shape index (κ3) is 3.61. The fraction of sp³-hybridized carbons (Fsp3) is 0.300. The molecule has 2 nitrogen and oxygen atoms in total. The molecule has 0 radical (unpaired) electrons. The molecule has 0 heterocycles. The standard InChI is InChI=1S/C10H11NOSe/c1-12-10(7-8-11)13-9-5-3-2-4-6-9/h2-6,10H,7H2,1H3. The maximum atomic E-state index is 8.53. The van der Waals surface area contributed by atoms with Gasteiger partial charge in [0.15, 0.2) is 0 Å². The predicted octanol–water partition coefficient (Wildman–Crippen LogP) is 0.902. The van der Waals surface area contributed by atoms with Crippen molar-refractivity contribution in [1.29, 1.82) is 5.26 Å². The number of nitriles is 1. The van der Waals surface area contributed by atoms with E-state index in [1.165, 1.54) is 4.46 Å². The van der Waals surface area contributed by atoms with Gasteiger partial charge in [0.05, 0.1) is 0 Å². The van der Waals surface area contributed by atoms with Gasteiger partial charge >= 0.3 is 84.4 Å². The van der Waals surface area contributed by atoms with Crippen molar-refractivity contribution in [3.8, 4) is 6.07 Å². The van der Waals surface area contributed by atoms with Gasteiger partial charge in [-0.3, -0.25) is 0 Å². The SMILES string of the molecule is COC(CC#N)[Se]c1ccccc1. The second kappa shape index (κ2) is 5.77. The summed E-state index contributed by atoms with van der Waals surface area (Å²) in [7, 11) is 1.66. The van der Waals surface area contributed by atoms with Gasteiger partial charge in [-0.25, -0.2) is 0 Å². The summed E-state index contributed by atoms with van der Waals surface area (Å²) < 4.78 is 6.48. The van der Waals surface area contributed by atoms with Crippen molar-refractivity contribution in [2.45, 2.75) is 11.4 Å². The predicted molar refractivity (Wildman–Crippen MR) is 52.9 cm³/mol. The first-order chi connectivity index (χ1) is 6.36. The monoisotopic (exact) mass is 241 g/mol. The Balaban J connectivity index is 2.53. The molecule has 0 amide bonds. The van der Waals surface area contributed by atoms with Crippen LogP contribution in [0.5, 0.6) is 0 Å². The molecule has 0 fully saturated rings. The molecule has 1 unspecified atom stereocenters. The van der Waals surface area contributed by atoms with E-state index in [0.717, 1.165) is 0 Å². The Morgan fingerprint density at radius 3 is 2.69 bits per heavy atom. The van der Waals surface area contributed by atoms with Crippen molar-refractivity contribution >= 4 is 19.4 Å². The Kier molecular flexibility index (Phi) is 4.56. The summed E-state index contributed by atoms with van der Waals surface area (Å²) in [6.07, 6.45) is 0.478. The van der Waals surface area contributed by atoms with Crippen LogP contribution in [0.15, 0.2) is 30.3 Å². The van der Waals surface area contributed by atoms with E-state index in [0.29, 0.717) is 6.42 Å². The van der Waals surface area contributed by atoms with E-state index in [2.05, 4.69) is 18.2 Å². The zero-order valence-corrected chi connectivity index (χ0v) is 9.15. The van der Waals surface area contributed by atoms with Crippen molar-refractivity contribution < 1.29 is 4.74 Å². The number of benzene rings is 1. The summed E-state index contributed by atoms with van der Waals surface area (Å²) in [4.78, 5) is 0. The molecule has 68 valence electrons. The van der Waals surface area contributed by atoms with Gasteiger partial charge in [-0.05, 0) is 0 Å². The van der Waals surface area contributed by atoms with Gasteiger partial charge in [0, 0.05) is 0 Å². The van der Waals surface area contributed by atoms with Crippen molar-refractivity contribution in [3.63, 3.8) is 0 Å².